The summed E-state index contributed by atoms with van der Waals surface area (Å²) in [7, 11) is 0. The summed E-state index contributed by atoms with van der Waals surface area (Å²) in [4.78, 5) is 10.7. The number of alkyl halides is 3. The zero-order chi connectivity index (χ0) is 13.1. The number of hydrogen-bond acceptors (Lipinski definition) is 3. The van der Waals surface area contributed by atoms with Crippen LogP contribution in [0.2, 0.25) is 0 Å². The second-order valence-electron chi connectivity index (χ2n) is 3.65. The van der Waals surface area contributed by atoms with E-state index in [9.17, 15) is 18.0 Å². The Labute approximate surface area is 95.8 Å². The van der Waals surface area contributed by atoms with Gasteiger partial charge in [0.2, 0.25) is 5.91 Å². The molecule has 1 aromatic rings. The molecule has 0 aromatic carbocycles. The molecule has 0 aliphatic carbocycles. The maximum atomic E-state index is 12.3. The molecule has 0 atom stereocenters. The third-order valence-corrected chi connectivity index (χ3v) is 2.08. The number of amides is 1. The third kappa shape index (κ3) is 4.04. The highest BCUT2D eigenvalue weighted by Gasteiger charge is 2.30. The lowest BCUT2D eigenvalue weighted by Crippen LogP contribution is -2.21. The monoisotopic (exact) mass is 250 g/mol. The van der Waals surface area contributed by atoms with Gasteiger partial charge >= 0.3 is 6.18 Å². The average Bonchev–Trinajstić information content (AvgIpc) is 2.47. The Morgan fingerprint density at radius 1 is 1.47 bits per heavy atom. The number of nitrogens with two attached hydrogens (primary N) is 1. The molecule has 0 aliphatic heterocycles. The second-order valence-corrected chi connectivity index (χ2v) is 3.65. The van der Waals surface area contributed by atoms with Gasteiger partial charge in [-0.3, -0.25) is 4.79 Å². The van der Waals surface area contributed by atoms with E-state index in [1.54, 1.807) is 0 Å². The highest BCUT2D eigenvalue weighted by Crippen LogP contribution is 2.19. The molecule has 0 aliphatic rings. The van der Waals surface area contributed by atoms with Crippen molar-refractivity contribution >= 4 is 5.91 Å². The Kier molecular flexibility index (Phi) is 4.08. The predicted octanol–water partition coefficient (Wildman–Crippen LogP) is 0.821. The van der Waals surface area contributed by atoms with Crippen LogP contribution in [-0.2, 0) is 24.2 Å². The molecule has 0 fully saturated rings. The van der Waals surface area contributed by atoms with Crippen LogP contribution in [-0.4, -0.2) is 27.1 Å². The number of carbonyl (C=O) groups is 1. The van der Waals surface area contributed by atoms with Crippen LogP contribution in [0, 0.1) is 0 Å². The third-order valence-electron chi connectivity index (χ3n) is 2.08. The van der Waals surface area contributed by atoms with Crippen LogP contribution in [0.4, 0.5) is 13.2 Å². The lowest BCUT2D eigenvalue weighted by molar-refractivity contribution is -0.143. The first-order valence-corrected chi connectivity index (χ1v) is 5.09. The van der Waals surface area contributed by atoms with Crippen molar-refractivity contribution in [3.05, 3.63) is 11.4 Å². The van der Waals surface area contributed by atoms with Crippen molar-refractivity contribution in [3.8, 4) is 0 Å². The molecule has 2 N–H and O–H groups in total. The molecule has 1 aromatic heterocycles. The number of nitrogens with zero attached hydrogens (tertiary/aromatic N) is 3. The molecule has 0 saturated heterocycles. The number of aromatic nitrogens is 3. The minimum absolute atomic E-state index is 0.187. The molecule has 1 amide bonds. The number of carbonyl (C=O) groups excluding carboxylic acids is 1. The van der Waals surface area contributed by atoms with Crippen LogP contribution >= 0.6 is 0 Å². The van der Waals surface area contributed by atoms with E-state index in [4.69, 9.17) is 5.73 Å². The summed E-state index contributed by atoms with van der Waals surface area (Å²) in [5.74, 6) is -0.638. The van der Waals surface area contributed by atoms with Crippen molar-refractivity contribution in [2.75, 3.05) is 0 Å². The van der Waals surface area contributed by atoms with Crippen molar-refractivity contribution in [3.63, 3.8) is 0 Å². The maximum absolute atomic E-state index is 12.3. The Morgan fingerprint density at radius 3 is 2.59 bits per heavy atom. The Hall–Kier alpha value is -1.60. The largest absolute Gasteiger partial charge is 0.408 e. The first-order chi connectivity index (χ1) is 7.83. The minimum Gasteiger partial charge on any atom is -0.369 e. The van der Waals surface area contributed by atoms with Gasteiger partial charge in [0.25, 0.3) is 0 Å². The van der Waals surface area contributed by atoms with E-state index in [1.165, 1.54) is 0 Å². The van der Waals surface area contributed by atoms with Gasteiger partial charge in [-0.15, -0.1) is 5.10 Å². The van der Waals surface area contributed by atoms with Crippen LogP contribution in [0.1, 0.15) is 24.7 Å². The summed E-state index contributed by atoms with van der Waals surface area (Å²) in [5.41, 5.74) is 5.54. The van der Waals surface area contributed by atoms with Crippen LogP contribution in [0.25, 0.3) is 0 Å². The lowest BCUT2D eigenvalue weighted by atomic mass is 10.1. The number of hydrogen-bond donors (Lipinski definition) is 1. The van der Waals surface area contributed by atoms with Crippen molar-refractivity contribution in [1.29, 1.82) is 0 Å². The highest BCUT2D eigenvalue weighted by atomic mass is 19.4. The second kappa shape index (κ2) is 5.15. The van der Waals surface area contributed by atoms with E-state index in [2.05, 4.69) is 10.3 Å². The van der Waals surface area contributed by atoms with Crippen LogP contribution in [0.15, 0.2) is 0 Å². The lowest BCUT2D eigenvalue weighted by Gasteiger charge is -2.09. The van der Waals surface area contributed by atoms with Crippen molar-refractivity contribution < 1.29 is 18.0 Å². The van der Waals surface area contributed by atoms with Gasteiger partial charge in [-0.1, -0.05) is 18.6 Å². The molecular weight excluding hydrogens is 237 g/mol. The van der Waals surface area contributed by atoms with E-state index >= 15 is 0 Å². The summed E-state index contributed by atoms with van der Waals surface area (Å²) in [6.07, 6.45) is -3.53. The minimum atomic E-state index is -4.36. The summed E-state index contributed by atoms with van der Waals surface area (Å²) in [6, 6.07) is 0. The van der Waals surface area contributed by atoms with Gasteiger partial charge in [0.1, 0.15) is 6.54 Å². The molecule has 0 bridgehead atoms. The fourth-order valence-electron chi connectivity index (χ4n) is 1.48. The van der Waals surface area contributed by atoms with Crippen LogP contribution in [0.5, 0.6) is 0 Å². The molecule has 8 heteroatoms. The van der Waals surface area contributed by atoms with Gasteiger partial charge in [0.05, 0.1) is 17.8 Å². The van der Waals surface area contributed by atoms with Gasteiger partial charge in [0.15, 0.2) is 0 Å². The molecule has 0 spiro atoms. The highest BCUT2D eigenvalue weighted by molar-refractivity contribution is 5.76. The summed E-state index contributed by atoms with van der Waals surface area (Å²) in [6.45, 7) is 0.618. The first-order valence-electron chi connectivity index (χ1n) is 5.09. The molecule has 17 heavy (non-hydrogen) atoms. The summed E-state index contributed by atoms with van der Waals surface area (Å²) < 4.78 is 37.5. The molecule has 5 nitrogen and oxygen atoms in total. The van der Waals surface area contributed by atoms with Gasteiger partial charge in [0, 0.05) is 0 Å². The normalized spacial score (nSPS) is 11.8. The SMILES string of the molecule is CCCc1c(CC(N)=O)nnn1CC(F)(F)F. The van der Waals surface area contributed by atoms with Crippen molar-refractivity contribution in [1.82, 2.24) is 15.0 Å². The van der Waals surface area contributed by atoms with Gasteiger partial charge < -0.3 is 5.73 Å². The van der Waals surface area contributed by atoms with E-state index in [-0.39, 0.29) is 12.1 Å². The Balaban J connectivity index is 2.97. The predicted molar refractivity (Wildman–Crippen MR) is 53.0 cm³/mol. The van der Waals surface area contributed by atoms with Crippen molar-refractivity contribution in [2.45, 2.75) is 38.9 Å². The van der Waals surface area contributed by atoms with E-state index < -0.39 is 18.6 Å². The first kappa shape index (κ1) is 13.5. The molecule has 0 unspecified atom stereocenters. The van der Waals surface area contributed by atoms with Crippen molar-refractivity contribution in [2.24, 2.45) is 5.73 Å². The molecule has 0 saturated carbocycles. The quantitative estimate of drug-likeness (QED) is 0.840. The molecule has 96 valence electrons. The number of halogens is 3. The van der Waals surface area contributed by atoms with E-state index in [1.807, 2.05) is 6.92 Å². The van der Waals surface area contributed by atoms with Crippen LogP contribution in [0.3, 0.4) is 0 Å². The fourth-order valence-corrected chi connectivity index (χ4v) is 1.48. The molecule has 0 radical (unpaired) electrons. The molecule has 1 rings (SSSR count). The zero-order valence-corrected chi connectivity index (χ0v) is 9.29. The topological polar surface area (TPSA) is 73.8 Å². The summed E-state index contributed by atoms with van der Waals surface area (Å²) >= 11 is 0. The smallest absolute Gasteiger partial charge is 0.369 e. The Bertz CT molecular complexity index is 399. The average molecular weight is 250 g/mol. The maximum Gasteiger partial charge on any atom is 0.408 e. The number of rotatable bonds is 5. The van der Waals surface area contributed by atoms with Gasteiger partial charge in [-0.2, -0.15) is 13.2 Å². The fraction of sp³-hybridized carbons (Fsp3) is 0.667. The zero-order valence-electron chi connectivity index (χ0n) is 9.29. The van der Waals surface area contributed by atoms with Crippen LogP contribution < -0.4 is 5.73 Å². The number of primary amides is 1. The van der Waals surface area contributed by atoms with Gasteiger partial charge in [-0.25, -0.2) is 4.68 Å². The molecule has 1 heterocycles. The van der Waals surface area contributed by atoms with Gasteiger partial charge in [-0.05, 0) is 6.42 Å². The standard InChI is InChI=1S/C9H13F3N4O/c1-2-3-7-6(4-8(13)17)14-15-16(7)5-9(10,11)12/h2-5H2,1H3,(H2,13,17). The Morgan fingerprint density at radius 2 is 2.12 bits per heavy atom. The molecular formula is C9H13F3N4O. The van der Waals surface area contributed by atoms with E-state index in [0.717, 1.165) is 4.68 Å². The van der Waals surface area contributed by atoms with E-state index in [0.29, 0.717) is 18.5 Å². The summed E-state index contributed by atoms with van der Waals surface area (Å²) in [5, 5.41) is 6.98.